The van der Waals surface area contributed by atoms with Gasteiger partial charge in [-0.3, -0.25) is 4.79 Å². The van der Waals surface area contributed by atoms with Crippen LogP contribution in [0.2, 0.25) is 0 Å². The minimum atomic E-state index is -1.12. The second-order valence-electron chi connectivity index (χ2n) is 5.16. The summed E-state index contributed by atoms with van der Waals surface area (Å²) >= 11 is 0. The maximum atomic E-state index is 12.7. The number of aryl methyl sites for hydroxylation is 1. The fraction of sp³-hybridized carbons (Fsp3) is 0.222. The number of ketones is 1. The van der Waals surface area contributed by atoms with Gasteiger partial charge in [-0.25, -0.2) is 4.79 Å². The van der Waals surface area contributed by atoms with Crippen LogP contribution in [0.15, 0.2) is 42.5 Å². The first-order valence-electron chi connectivity index (χ1n) is 7.30. The normalized spacial score (nSPS) is 10.4. The molecule has 3 N–H and O–H groups in total. The van der Waals surface area contributed by atoms with Gasteiger partial charge in [-0.1, -0.05) is 43.7 Å². The summed E-state index contributed by atoms with van der Waals surface area (Å²) in [5.74, 6) is -1.47. The molecule has 0 spiro atoms. The molecule has 2 rings (SSSR count). The molecule has 0 aliphatic heterocycles. The van der Waals surface area contributed by atoms with Gasteiger partial charge >= 0.3 is 5.97 Å². The van der Waals surface area contributed by atoms with E-state index in [2.05, 4.69) is 6.92 Å². The molecule has 0 radical (unpaired) electrons. The number of carbonyl (C=O) groups excluding carboxylic acids is 1. The van der Waals surface area contributed by atoms with E-state index in [9.17, 15) is 14.7 Å². The predicted molar refractivity (Wildman–Crippen MR) is 86.3 cm³/mol. The number of aromatic carboxylic acids is 1. The van der Waals surface area contributed by atoms with Crippen LogP contribution in [0.1, 0.15) is 51.6 Å². The highest BCUT2D eigenvalue weighted by Gasteiger charge is 2.20. The van der Waals surface area contributed by atoms with Crippen LogP contribution in [0.25, 0.3) is 0 Å². The van der Waals surface area contributed by atoms with E-state index in [1.54, 1.807) is 24.3 Å². The molecule has 0 amide bonds. The molecule has 2 aromatic carbocycles. The third-order valence-corrected chi connectivity index (χ3v) is 3.64. The van der Waals surface area contributed by atoms with Crippen LogP contribution in [0, 0.1) is 0 Å². The number of benzene rings is 2. The van der Waals surface area contributed by atoms with Gasteiger partial charge in [0.1, 0.15) is 0 Å². The SMILES string of the molecule is CCCCc1cccc(C(=O)c2ccccc2C(=O)O)c1N. The number of carboxylic acids is 1. The van der Waals surface area contributed by atoms with Crippen molar-refractivity contribution in [1.82, 2.24) is 0 Å². The third-order valence-electron chi connectivity index (χ3n) is 3.64. The molecule has 0 aromatic heterocycles. The number of nitrogen functional groups attached to an aromatic ring is 1. The van der Waals surface area contributed by atoms with Crippen LogP contribution < -0.4 is 5.73 Å². The highest BCUT2D eigenvalue weighted by molar-refractivity contribution is 6.16. The summed E-state index contributed by atoms with van der Waals surface area (Å²) in [6.07, 6.45) is 2.84. The lowest BCUT2D eigenvalue weighted by molar-refractivity contribution is 0.0693. The van der Waals surface area contributed by atoms with Gasteiger partial charge in [0, 0.05) is 16.8 Å². The van der Waals surface area contributed by atoms with Crippen LogP contribution in [0.3, 0.4) is 0 Å². The van der Waals surface area contributed by atoms with Gasteiger partial charge in [-0.05, 0) is 30.5 Å². The summed E-state index contributed by atoms with van der Waals surface area (Å²) in [7, 11) is 0. The van der Waals surface area contributed by atoms with Crippen molar-refractivity contribution in [3.8, 4) is 0 Å². The van der Waals surface area contributed by atoms with E-state index in [-0.39, 0.29) is 16.9 Å². The van der Waals surface area contributed by atoms with E-state index in [4.69, 9.17) is 5.73 Å². The first-order chi connectivity index (χ1) is 10.6. The minimum absolute atomic E-state index is 0.00846. The maximum Gasteiger partial charge on any atom is 0.336 e. The molecule has 0 bridgehead atoms. The molecule has 0 atom stereocenters. The van der Waals surface area contributed by atoms with Crippen molar-refractivity contribution in [2.75, 3.05) is 5.73 Å². The summed E-state index contributed by atoms with van der Waals surface area (Å²) in [5, 5.41) is 9.22. The van der Waals surface area contributed by atoms with E-state index in [0.29, 0.717) is 11.3 Å². The van der Waals surface area contributed by atoms with Gasteiger partial charge in [0.05, 0.1) is 5.56 Å². The molecule has 0 fully saturated rings. The van der Waals surface area contributed by atoms with E-state index in [1.165, 1.54) is 12.1 Å². The van der Waals surface area contributed by atoms with Crippen LogP contribution in [0.5, 0.6) is 0 Å². The number of carbonyl (C=O) groups is 2. The number of unbranched alkanes of at least 4 members (excludes halogenated alkanes) is 1. The lowest BCUT2D eigenvalue weighted by atomic mass is 9.94. The van der Waals surface area contributed by atoms with E-state index in [0.717, 1.165) is 24.8 Å². The number of anilines is 1. The standard InChI is InChI=1S/C18H19NO3/c1-2-3-7-12-8-6-11-15(16(12)19)17(20)13-9-4-5-10-14(13)18(21)22/h4-6,8-11H,2-3,7,19H2,1H3,(H,21,22). The molecule has 0 aliphatic rings. The Morgan fingerprint density at radius 3 is 2.27 bits per heavy atom. The molecule has 2 aromatic rings. The number of hydrogen-bond donors (Lipinski definition) is 2. The molecule has 4 nitrogen and oxygen atoms in total. The van der Waals surface area contributed by atoms with Crippen LogP contribution in [-0.2, 0) is 6.42 Å². The Morgan fingerprint density at radius 2 is 1.64 bits per heavy atom. The van der Waals surface area contributed by atoms with Crippen LogP contribution in [0.4, 0.5) is 5.69 Å². The molecule has 0 saturated carbocycles. The summed E-state index contributed by atoms with van der Waals surface area (Å²) in [4.78, 5) is 23.9. The van der Waals surface area contributed by atoms with Crippen LogP contribution >= 0.6 is 0 Å². The Bertz CT molecular complexity index is 707. The first-order valence-corrected chi connectivity index (χ1v) is 7.30. The fourth-order valence-corrected chi connectivity index (χ4v) is 2.41. The zero-order valence-corrected chi connectivity index (χ0v) is 12.5. The molecule has 0 heterocycles. The van der Waals surface area contributed by atoms with Gasteiger partial charge in [0.15, 0.2) is 5.78 Å². The largest absolute Gasteiger partial charge is 0.478 e. The molecule has 0 unspecified atom stereocenters. The van der Waals surface area contributed by atoms with E-state index < -0.39 is 5.97 Å². The highest BCUT2D eigenvalue weighted by Crippen LogP contribution is 2.24. The molecule has 0 aliphatic carbocycles. The number of nitrogens with two attached hydrogens (primary N) is 1. The first kappa shape index (κ1) is 15.8. The Hall–Kier alpha value is -2.62. The number of hydrogen-bond acceptors (Lipinski definition) is 3. The topological polar surface area (TPSA) is 80.4 Å². The smallest absolute Gasteiger partial charge is 0.336 e. The Kier molecular flexibility index (Phi) is 4.94. The van der Waals surface area contributed by atoms with Gasteiger partial charge < -0.3 is 10.8 Å². The predicted octanol–water partition coefficient (Wildman–Crippen LogP) is 3.54. The summed E-state index contributed by atoms with van der Waals surface area (Å²) in [6, 6.07) is 11.5. The molecule has 4 heteroatoms. The number of carboxylic acid groups (broad SMARTS) is 1. The highest BCUT2D eigenvalue weighted by atomic mass is 16.4. The Balaban J connectivity index is 2.44. The molecule has 22 heavy (non-hydrogen) atoms. The zero-order chi connectivity index (χ0) is 16.1. The fourth-order valence-electron chi connectivity index (χ4n) is 2.41. The maximum absolute atomic E-state index is 12.7. The average molecular weight is 297 g/mol. The van der Waals surface area contributed by atoms with Crippen molar-refractivity contribution < 1.29 is 14.7 Å². The average Bonchev–Trinajstić information content (AvgIpc) is 2.53. The minimum Gasteiger partial charge on any atom is -0.478 e. The second kappa shape index (κ2) is 6.89. The van der Waals surface area contributed by atoms with Gasteiger partial charge in [-0.15, -0.1) is 0 Å². The summed E-state index contributed by atoms with van der Waals surface area (Å²) in [6.45, 7) is 2.09. The quantitative estimate of drug-likeness (QED) is 0.631. The molecular formula is C18H19NO3. The second-order valence-corrected chi connectivity index (χ2v) is 5.16. The number of para-hydroxylation sites is 1. The summed E-state index contributed by atoms with van der Waals surface area (Å²) in [5.41, 5.74) is 8.01. The van der Waals surface area contributed by atoms with Crippen LogP contribution in [-0.4, -0.2) is 16.9 Å². The lowest BCUT2D eigenvalue weighted by Crippen LogP contribution is -2.12. The van der Waals surface area contributed by atoms with Crippen molar-refractivity contribution in [2.45, 2.75) is 26.2 Å². The van der Waals surface area contributed by atoms with Crippen molar-refractivity contribution in [2.24, 2.45) is 0 Å². The zero-order valence-electron chi connectivity index (χ0n) is 12.5. The molecule has 0 saturated heterocycles. The lowest BCUT2D eigenvalue weighted by Gasteiger charge is -2.11. The third kappa shape index (κ3) is 3.17. The number of rotatable bonds is 6. The molecular weight excluding hydrogens is 278 g/mol. The van der Waals surface area contributed by atoms with Gasteiger partial charge in [0.2, 0.25) is 0 Å². The van der Waals surface area contributed by atoms with Gasteiger partial charge in [0.25, 0.3) is 0 Å². The van der Waals surface area contributed by atoms with E-state index in [1.807, 2.05) is 6.07 Å². The Labute approximate surface area is 129 Å². The van der Waals surface area contributed by atoms with Gasteiger partial charge in [-0.2, -0.15) is 0 Å². The summed E-state index contributed by atoms with van der Waals surface area (Å²) < 4.78 is 0. The van der Waals surface area contributed by atoms with Crippen molar-refractivity contribution >= 4 is 17.4 Å². The van der Waals surface area contributed by atoms with Crippen molar-refractivity contribution in [1.29, 1.82) is 0 Å². The van der Waals surface area contributed by atoms with E-state index >= 15 is 0 Å². The molecule has 114 valence electrons. The monoisotopic (exact) mass is 297 g/mol. The van der Waals surface area contributed by atoms with Crippen molar-refractivity contribution in [3.63, 3.8) is 0 Å². The Morgan fingerprint density at radius 1 is 1.00 bits per heavy atom. The van der Waals surface area contributed by atoms with Crippen molar-refractivity contribution in [3.05, 3.63) is 64.7 Å².